The van der Waals surface area contributed by atoms with E-state index in [1.54, 1.807) is 0 Å². The van der Waals surface area contributed by atoms with E-state index in [-0.39, 0.29) is 24.4 Å². The Balaban J connectivity index is 0.00000144. The Morgan fingerprint density at radius 1 is 1.35 bits per heavy atom. The molecule has 1 saturated heterocycles. The van der Waals surface area contributed by atoms with Crippen LogP contribution in [0.15, 0.2) is 0 Å². The molecule has 0 bridgehead atoms. The molecule has 1 aliphatic carbocycles. The lowest BCUT2D eigenvalue weighted by Gasteiger charge is -2.23. The normalized spacial score (nSPS) is 25.3. The summed E-state index contributed by atoms with van der Waals surface area (Å²) in [6, 6.07) is 0. The molecule has 0 radical (unpaired) electrons. The Bertz CT molecular complexity index is 227. The number of carbonyl (C=O) groups is 1. The molecule has 1 unspecified atom stereocenters. The molecule has 4 nitrogen and oxygen atoms in total. The highest BCUT2D eigenvalue weighted by Crippen LogP contribution is 2.26. The fourth-order valence-electron chi connectivity index (χ4n) is 2.55. The molecule has 100 valence electrons. The zero-order valence-electron chi connectivity index (χ0n) is 10.2. The summed E-state index contributed by atoms with van der Waals surface area (Å²) in [5.74, 6) is 0.885. The number of amides is 1. The van der Waals surface area contributed by atoms with E-state index in [4.69, 9.17) is 4.74 Å². The van der Waals surface area contributed by atoms with Gasteiger partial charge in [0.1, 0.15) is 6.10 Å². The second kappa shape index (κ2) is 7.90. The molecule has 0 aromatic rings. The molecule has 2 rings (SSSR count). The molecule has 1 heterocycles. The largest absolute Gasteiger partial charge is 0.366 e. The van der Waals surface area contributed by atoms with Crippen LogP contribution in [0.5, 0.6) is 0 Å². The number of halogens is 1. The third-order valence-corrected chi connectivity index (χ3v) is 3.55. The summed E-state index contributed by atoms with van der Waals surface area (Å²) in [7, 11) is 0. The van der Waals surface area contributed by atoms with Gasteiger partial charge in [-0.3, -0.25) is 4.79 Å². The summed E-state index contributed by atoms with van der Waals surface area (Å²) < 4.78 is 5.39. The first-order valence-corrected chi connectivity index (χ1v) is 6.46. The third kappa shape index (κ3) is 4.82. The Morgan fingerprint density at radius 3 is 2.76 bits per heavy atom. The van der Waals surface area contributed by atoms with Crippen LogP contribution in [0.1, 0.15) is 32.1 Å². The van der Waals surface area contributed by atoms with Gasteiger partial charge in [0.2, 0.25) is 5.91 Å². The third-order valence-electron chi connectivity index (χ3n) is 3.55. The minimum Gasteiger partial charge on any atom is -0.366 e. The van der Waals surface area contributed by atoms with Crippen molar-refractivity contribution in [3.63, 3.8) is 0 Å². The van der Waals surface area contributed by atoms with Crippen molar-refractivity contribution < 1.29 is 9.53 Å². The maximum Gasteiger partial charge on any atom is 0.250 e. The van der Waals surface area contributed by atoms with Crippen LogP contribution >= 0.6 is 12.4 Å². The quantitative estimate of drug-likeness (QED) is 0.798. The Hall–Kier alpha value is -0.320. The molecular formula is C12H23ClN2O2. The number of hydrogen-bond acceptors (Lipinski definition) is 3. The van der Waals surface area contributed by atoms with Gasteiger partial charge in [-0.2, -0.15) is 0 Å². The Kier molecular flexibility index (Phi) is 6.85. The predicted octanol–water partition coefficient (Wildman–Crippen LogP) is 1.09. The average molecular weight is 263 g/mol. The highest BCUT2D eigenvalue weighted by atomic mass is 35.5. The fourth-order valence-corrected chi connectivity index (χ4v) is 2.55. The molecule has 2 N–H and O–H groups in total. The summed E-state index contributed by atoms with van der Waals surface area (Å²) in [5.41, 5.74) is 0. The lowest BCUT2D eigenvalue weighted by atomic mass is 10.0. The highest BCUT2D eigenvalue weighted by molar-refractivity contribution is 5.85. The first kappa shape index (κ1) is 14.7. The van der Waals surface area contributed by atoms with E-state index in [0.29, 0.717) is 13.2 Å². The number of morpholine rings is 1. The SMILES string of the molecule is Cl.O=C(NCCC1CCCC1)C1CNCCO1. The fraction of sp³-hybridized carbons (Fsp3) is 0.917. The van der Waals surface area contributed by atoms with Gasteiger partial charge < -0.3 is 15.4 Å². The van der Waals surface area contributed by atoms with Crippen LogP contribution < -0.4 is 10.6 Å². The number of carbonyl (C=O) groups excluding carboxylic acids is 1. The predicted molar refractivity (Wildman–Crippen MR) is 69.4 cm³/mol. The summed E-state index contributed by atoms with van der Waals surface area (Å²) in [4.78, 5) is 11.7. The van der Waals surface area contributed by atoms with E-state index >= 15 is 0 Å². The number of ether oxygens (including phenoxy) is 1. The minimum atomic E-state index is -0.280. The molecule has 1 saturated carbocycles. The van der Waals surface area contributed by atoms with Gasteiger partial charge in [0.15, 0.2) is 0 Å². The molecule has 0 spiro atoms. The van der Waals surface area contributed by atoms with Crippen molar-refractivity contribution in [2.45, 2.75) is 38.2 Å². The summed E-state index contributed by atoms with van der Waals surface area (Å²) in [5, 5.41) is 6.14. The van der Waals surface area contributed by atoms with E-state index < -0.39 is 0 Å². The van der Waals surface area contributed by atoms with Crippen LogP contribution in [-0.4, -0.2) is 38.3 Å². The molecule has 0 aromatic carbocycles. The van der Waals surface area contributed by atoms with Gasteiger partial charge in [0.05, 0.1) is 6.61 Å². The van der Waals surface area contributed by atoms with E-state index in [1.165, 1.54) is 25.7 Å². The molecule has 1 amide bonds. The molecular weight excluding hydrogens is 240 g/mol. The van der Waals surface area contributed by atoms with Gasteiger partial charge in [0.25, 0.3) is 0 Å². The molecule has 1 aliphatic heterocycles. The van der Waals surface area contributed by atoms with E-state index in [1.807, 2.05) is 0 Å². The van der Waals surface area contributed by atoms with Gasteiger partial charge in [-0.15, -0.1) is 12.4 Å². The van der Waals surface area contributed by atoms with Crippen molar-refractivity contribution in [2.24, 2.45) is 5.92 Å². The molecule has 2 aliphatic rings. The number of nitrogens with one attached hydrogen (secondary N) is 2. The van der Waals surface area contributed by atoms with E-state index in [9.17, 15) is 4.79 Å². The lowest BCUT2D eigenvalue weighted by Crippen LogP contribution is -2.48. The van der Waals surface area contributed by atoms with Crippen LogP contribution in [0.4, 0.5) is 0 Å². The minimum absolute atomic E-state index is 0. The standard InChI is InChI=1S/C12H22N2O2.ClH/c15-12(11-9-13-7-8-16-11)14-6-5-10-3-1-2-4-10;/h10-11,13H,1-9H2,(H,14,15);1H. The maximum absolute atomic E-state index is 11.7. The number of hydrogen-bond donors (Lipinski definition) is 2. The second-order valence-corrected chi connectivity index (χ2v) is 4.79. The van der Waals surface area contributed by atoms with Crippen LogP contribution in [0, 0.1) is 5.92 Å². The van der Waals surface area contributed by atoms with Crippen molar-refractivity contribution in [3.8, 4) is 0 Å². The smallest absolute Gasteiger partial charge is 0.250 e. The Labute approximate surface area is 109 Å². The summed E-state index contributed by atoms with van der Waals surface area (Å²) >= 11 is 0. The monoisotopic (exact) mass is 262 g/mol. The van der Waals surface area contributed by atoms with Crippen LogP contribution in [0.25, 0.3) is 0 Å². The molecule has 17 heavy (non-hydrogen) atoms. The van der Waals surface area contributed by atoms with Crippen molar-refractivity contribution in [1.29, 1.82) is 0 Å². The zero-order chi connectivity index (χ0) is 11.2. The summed E-state index contributed by atoms with van der Waals surface area (Å²) in [6.07, 6.45) is 6.28. The van der Waals surface area contributed by atoms with E-state index in [2.05, 4.69) is 10.6 Å². The van der Waals surface area contributed by atoms with Crippen LogP contribution in [0.2, 0.25) is 0 Å². The van der Waals surface area contributed by atoms with Gasteiger partial charge in [-0.05, 0) is 12.3 Å². The highest BCUT2D eigenvalue weighted by Gasteiger charge is 2.21. The topological polar surface area (TPSA) is 50.4 Å². The van der Waals surface area contributed by atoms with Crippen LogP contribution in [-0.2, 0) is 9.53 Å². The van der Waals surface area contributed by atoms with Crippen molar-refractivity contribution in [3.05, 3.63) is 0 Å². The summed E-state index contributed by atoms with van der Waals surface area (Å²) in [6.45, 7) is 2.95. The average Bonchev–Trinajstić information content (AvgIpc) is 2.83. The molecule has 0 aromatic heterocycles. The maximum atomic E-state index is 11.7. The van der Waals surface area contributed by atoms with Crippen molar-refractivity contribution in [2.75, 3.05) is 26.2 Å². The molecule has 1 atom stereocenters. The van der Waals surface area contributed by atoms with Gasteiger partial charge >= 0.3 is 0 Å². The second-order valence-electron chi connectivity index (χ2n) is 4.79. The van der Waals surface area contributed by atoms with Gasteiger partial charge in [-0.1, -0.05) is 25.7 Å². The Morgan fingerprint density at radius 2 is 2.12 bits per heavy atom. The zero-order valence-corrected chi connectivity index (χ0v) is 11.1. The molecule has 2 fully saturated rings. The van der Waals surface area contributed by atoms with E-state index in [0.717, 1.165) is 25.4 Å². The van der Waals surface area contributed by atoms with Gasteiger partial charge in [-0.25, -0.2) is 0 Å². The molecule has 5 heteroatoms. The van der Waals surface area contributed by atoms with Crippen LogP contribution in [0.3, 0.4) is 0 Å². The lowest BCUT2D eigenvalue weighted by molar-refractivity contribution is -0.134. The van der Waals surface area contributed by atoms with Gasteiger partial charge in [0, 0.05) is 19.6 Å². The first-order valence-electron chi connectivity index (χ1n) is 6.46. The van der Waals surface area contributed by atoms with Crippen molar-refractivity contribution in [1.82, 2.24) is 10.6 Å². The first-order chi connectivity index (χ1) is 7.86. The number of rotatable bonds is 4. The van der Waals surface area contributed by atoms with Crippen molar-refractivity contribution >= 4 is 18.3 Å².